The number of aromatic nitrogens is 1. The Morgan fingerprint density at radius 1 is 1.50 bits per heavy atom. The third kappa shape index (κ3) is 5.01. The van der Waals surface area contributed by atoms with Crippen molar-refractivity contribution >= 4 is 25.8 Å². The van der Waals surface area contributed by atoms with Crippen molar-refractivity contribution in [3.63, 3.8) is 0 Å². The highest BCUT2D eigenvalue weighted by Gasteiger charge is 2.13. The average molecular weight is 336 g/mol. The number of hydrazine groups is 1. The number of sulfone groups is 1. The molecule has 0 radical (unpaired) electrons. The maximum absolute atomic E-state index is 11.4. The zero-order valence-corrected chi connectivity index (χ0v) is 12.7. The number of hydrogen-bond donors (Lipinski definition) is 2. The van der Waals surface area contributed by atoms with Crippen molar-refractivity contribution < 1.29 is 8.42 Å². The van der Waals surface area contributed by atoms with E-state index in [0.29, 0.717) is 12.8 Å². The van der Waals surface area contributed by atoms with E-state index < -0.39 is 9.84 Å². The Morgan fingerprint density at radius 2 is 2.22 bits per heavy atom. The smallest absolute Gasteiger partial charge is 0.150 e. The fourth-order valence-electron chi connectivity index (χ4n) is 1.56. The molecule has 1 aromatic rings. The van der Waals surface area contributed by atoms with Gasteiger partial charge in [0.15, 0.2) is 0 Å². The molecule has 18 heavy (non-hydrogen) atoms. The van der Waals surface area contributed by atoms with E-state index >= 15 is 0 Å². The minimum Gasteiger partial charge on any atom is -0.271 e. The lowest BCUT2D eigenvalue weighted by molar-refractivity contribution is 0.496. The molecule has 0 aromatic carbocycles. The quantitative estimate of drug-likeness (QED) is 0.583. The summed E-state index contributed by atoms with van der Waals surface area (Å²) in [6, 6.07) is 3.63. The molecule has 5 nitrogen and oxygen atoms in total. The zero-order chi connectivity index (χ0) is 13.6. The van der Waals surface area contributed by atoms with Crippen molar-refractivity contribution in [2.45, 2.75) is 25.8 Å². The van der Waals surface area contributed by atoms with E-state index in [1.54, 1.807) is 13.1 Å². The minimum absolute atomic E-state index is 0.120. The maximum Gasteiger partial charge on any atom is 0.150 e. The van der Waals surface area contributed by atoms with Gasteiger partial charge in [-0.2, -0.15) is 0 Å². The Bertz CT molecular complexity index is 462. The lowest BCUT2D eigenvalue weighted by atomic mass is 10.1. The molecule has 1 unspecified atom stereocenters. The van der Waals surface area contributed by atoms with Crippen molar-refractivity contribution in [2.24, 2.45) is 5.84 Å². The van der Waals surface area contributed by atoms with E-state index in [2.05, 4.69) is 26.3 Å². The molecule has 0 aliphatic heterocycles. The molecule has 3 N–H and O–H groups in total. The Morgan fingerprint density at radius 3 is 2.72 bits per heavy atom. The summed E-state index contributed by atoms with van der Waals surface area (Å²) in [5, 5.41) is 0. The van der Waals surface area contributed by atoms with Crippen molar-refractivity contribution in [1.29, 1.82) is 0 Å². The highest BCUT2D eigenvalue weighted by Crippen LogP contribution is 2.18. The van der Waals surface area contributed by atoms with Crippen LogP contribution in [0.3, 0.4) is 0 Å². The second kappa shape index (κ2) is 7.18. The predicted molar refractivity (Wildman–Crippen MR) is 75.6 cm³/mol. The van der Waals surface area contributed by atoms with E-state index in [1.165, 1.54) is 0 Å². The number of rotatable bonds is 7. The highest BCUT2D eigenvalue weighted by atomic mass is 79.9. The van der Waals surface area contributed by atoms with Crippen molar-refractivity contribution in [3.05, 3.63) is 28.5 Å². The van der Waals surface area contributed by atoms with Crippen LogP contribution in [-0.2, 0) is 9.84 Å². The van der Waals surface area contributed by atoms with Crippen LogP contribution in [0.2, 0.25) is 0 Å². The molecule has 0 aliphatic rings. The summed E-state index contributed by atoms with van der Waals surface area (Å²) in [5.74, 6) is 5.85. The molecule has 0 bridgehead atoms. The molecule has 0 aliphatic carbocycles. The molecule has 0 saturated carbocycles. The molecular weight excluding hydrogens is 318 g/mol. The standard InChI is InChI=1S/C11H18BrN3O2S/c1-2-18(16,17)7-3-4-11(15-13)10-6-5-9(12)8-14-10/h5-6,8,11,15H,2-4,7,13H2,1H3. The second-order valence-corrected chi connectivity index (χ2v) is 7.39. The van der Waals surface area contributed by atoms with Crippen LogP contribution in [0.1, 0.15) is 31.5 Å². The largest absolute Gasteiger partial charge is 0.271 e. The van der Waals surface area contributed by atoms with Crippen molar-refractivity contribution in [3.8, 4) is 0 Å². The summed E-state index contributed by atoms with van der Waals surface area (Å²) in [7, 11) is -2.91. The van der Waals surface area contributed by atoms with E-state index in [4.69, 9.17) is 5.84 Å². The van der Waals surface area contributed by atoms with Crippen LogP contribution >= 0.6 is 15.9 Å². The second-order valence-electron chi connectivity index (χ2n) is 4.00. The summed E-state index contributed by atoms with van der Waals surface area (Å²) >= 11 is 3.31. The van der Waals surface area contributed by atoms with Crippen LogP contribution < -0.4 is 11.3 Å². The monoisotopic (exact) mass is 335 g/mol. The first-order chi connectivity index (χ1) is 8.48. The van der Waals surface area contributed by atoms with Crippen LogP contribution in [0.25, 0.3) is 0 Å². The van der Waals surface area contributed by atoms with Gasteiger partial charge in [0.05, 0.1) is 17.5 Å². The molecule has 1 rings (SSSR count). The van der Waals surface area contributed by atoms with Crippen LogP contribution in [-0.4, -0.2) is 24.9 Å². The number of nitrogens with one attached hydrogen (secondary N) is 1. The summed E-state index contributed by atoms with van der Waals surface area (Å²) in [6.45, 7) is 1.66. The number of halogens is 1. The maximum atomic E-state index is 11.4. The zero-order valence-electron chi connectivity index (χ0n) is 10.3. The fraction of sp³-hybridized carbons (Fsp3) is 0.545. The Labute approximate surface area is 116 Å². The Hall–Kier alpha value is -0.500. The number of nitrogens with two attached hydrogens (primary N) is 1. The van der Waals surface area contributed by atoms with Gasteiger partial charge in [-0.25, -0.2) is 8.42 Å². The van der Waals surface area contributed by atoms with E-state index in [0.717, 1.165) is 10.2 Å². The predicted octanol–water partition coefficient (Wildman–Crippen LogP) is 1.56. The summed E-state index contributed by atoms with van der Waals surface area (Å²) in [4.78, 5) is 4.25. The number of pyridine rings is 1. The summed E-state index contributed by atoms with van der Waals surface area (Å²) < 4.78 is 23.7. The van der Waals surface area contributed by atoms with Gasteiger partial charge < -0.3 is 0 Å². The molecular formula is C11H18BrN3O2S. The van der Waals surface area contributed by atoms with E-state index in [-0.39, 0.29) is 17.5 Å². The molecule has 1 atom stereocenters. The van der Waals surface area contributed by atoms with Gasteiger partial charge in [0.2, 0.25) is 0 Å². The number of hydrogen-bond acceptors (Lipinski definition) is 5. The summed E-state index contributed by atoms with van der Waals surface area (Å²) in [5.41, 5.74) is 3.48. The van der Waals surface area contributed by atoms with E-state index in [1.807, 2.05) is 12.1 Å². The molecule has 0 fully saturated rings. The molecule has 0 saturated heterocycles. The molecule has 7 heteroatoms. The lowest BCUT2D eigenvalue weighted by Crippen LogP contribution is -2.29. The van der Waals surface area contributed by atoms with Crippen LogP contribution in [0, 0.1) is 0 Å². The van der Waals surface area contributed by atoms with Crippen molar-refractivity contribution in [2.75, 3.05) is 11.5 Å². The SMILES string of the molecule is CCS(=O)(=O)CCCC(NN)c1ccc(Br)cn1. The summed E-state index contributed by atoms with van der Waals surface area (Å²) in [6.07, 6.45) is 2.91. The first-order valence-electron chi connectivity index (χ1n) is 5.76. The van der Waals surface area contributed by atoms with Crippen LogP contribution in [0.15, 0.2) is 22.8 Å². The molecule has 1 aromatic heterocycles. The van der Waals surface area contributed by atoms with Crippen molar-refractivity contribution in [1.82, 2.24) is 10.4 Å². The Balaban J connectivity index is 2.55. The van der Waals surface area contributed by atoms with Gasteiger partial charge in [0, 0.05) is 16.4 Å². The molecule has 0 spiro atoms. The minimum atomic E-state index is -2.91. The fourth-order valence-corrected chi connectivity index (χ4v) is 2.69. The van der Waals surface area contributed by atoms with Gasteiger partial charge in [-0.05, 0) is 40.9 Å². The average Bonchev–Trinajstić information content (AvgIpc) is 2.36. The topological polar surface area (TPSA) is 85.1 Å². The van der Waals surface area contributed by atoms with Gasteiger partial charge in [0.25, 0.3) is 0 Å². The van der Waals surface area contributed by atoms with Crippen LogP contribution in [0.4, 0.5) is 0 Å². The van der Waals surface area contributed by atoms with Gasteiger partial charge in [-0.3, -0.25) is 16.3 Å². The van der Waals surface area contributed by atoms with Crippen LogP contribution in [0.5, 0.6) is 0 Å². The first kappa shape index (κ1) is 15.6. The highest BCUT2D eigenvalue weighted by molar-refractivity contribution is 9.10. The normalized spacial score (nSPS) is 13.5. The van der Waals surface area contributed by atoms with Gasteiger partial charge in [0.1, 0.15) is 9.84 Å². The number of nitrogens with zero attached hydrogens (tertiary/aromatic N) is 1. The lowest BCUT2D eigenvalue weighted by Gasteiger charge is -2.15. The molecule has 0 amide bonds. The molecule has 102 valence electrons. The van der Waals surface area contributed by atoms with E-state index in [9.17, 15) is 8.42 Å². The van der Waals surface area contributed by atoms with Gasteiger partial charge in [-0.15, -0.1) is 0 Å². The molecule has 1 heterocycles. The first-order valence-corrected chi connectivity index (χ1v) is 8.38. The van der Waals surface area contributed by atoms with Gasteiger partial charge >= 0.3 is 0 Å². The third-order valence-corrected chi connectivity index (χ3v) is 4.96. The Kier molecular flexibility index (Phi) is 6.20. The van der Waals surface area contributed by atoms with Gasteiger partial charge in [-0.1, -0.05) is 6.92 Å². The third-order valence-electron chi connectivity index (χ3n) is 2.70.